The minimum absolute atomic E-state index is 0.00137. The van der Waals surface area contributed by atoms with Crippen LogP contribution in [0, 0.1) is 0 Å². The summed E-state index contributed by atoms with van der Waals surface area (Å²) in [5.41, 5.74) is 4.60. The van der Waals surface area contributed by atoms with E-state index in [9.17, 15) is 9.59 Å². The number of rotatable bonds is 11. The molecule has 0 fully saturated rings. The Hall–Kier alpha value is -4.12. The lowest BCUT2D eigenvalue weighted by molar-refractivity contribution is -0.141. The molecule has 1 aromatic heterocycles. The van der Waals surface area contributed by atoms with Crippen molar-refractivity contribution >= 4 is 5.97 Å². The fraction of sp³-hybridized carbons (Fsp3) is 0.226. The smallest absolute Gasteiger partial charge is 0.308 e. The number of carbonyl (C=O) groups is 1. The molecular formula is C31H31NO4. The molecule has 0 bridgehead atoms. The van der Waals surface area contributed by atoms with Gasteiger partial charge in [0.25, 0.3) is 5.56 Å². The van der Waals surface area contributed by atoms with E-state index in [1.54, 1.807) is 6.07 Å². The number of pyridine rings is 1. The molecule has 1 heterocycles. The van der Waals surface area contributed by atoms with Crippen molar-refractivity contribution in [1.82, 2.24) is 4.57 Å². The van der Waals surface area contributed by atoms with Crippen molar-refractivity contribution in [3.63, 3.8) is 0 Å². The fourth-order valence-electron chi connectivity index (χ4n) is 4.36. The third kappa shape index (κ3) is 6.72. The Labute approximate surface area is 212 Å². The van der Waals surface area contributed by atoms with Crippen molar-refractivity contribution in [2.24, 2.45) is 0 Å². The summed E-state index contributed by atoms with van der Waals surface area (Å²) in [4.78, 5) is 23.9. The van der Waals surface area contributed by atoms with Crippen LogP contribution in [0.3, 0.4) is 0 Å². The first-order chi connectivity index (χ1) is 17.6. The molecule has 5 heteroatoms. The van der Waals surface area contributed by atoms with Crippen LogP contribution in [0.4, 0.5) is 0 Å². The zero-order chi connectivity index (χ0) is 25.2. The minimum atomic E-state index is -0.291. The maximum atomic E-state index is 12.7. The Morgan fingerprint density at radius 3 is 2.19 bits per heavy atom. The number of aryl methyl sites for hydroxylation is 2. The van der Waals surface area contributed by atoms with Crippen molar-refractivity contribution < 1.29 is 14.3 Å². The number of carbonyl (C=O) groups excluding carboxylic acids is 1. The lowest BCUT2D eigenvalue weighted by Crippen LogP contribution is -2.20. The van der Waals surface area contributed by atoms with Crippen molar-refractivity contribution in [3.8, 4) is 5.75 Å². The molecule has 4 rings (SSSR count). The van der Waals surface area contributed by atoms with Crippen molar-refractivity contribution in [2.75, 3.05) is 13.7 Å². The number of hydrogen-bond acceptors (Lipinski definition) is 4. The van der Waals surface area contributed by atoms with Crippen LogP contribution >= 0.6 is 0 Å². The van der Waals surface area contributed by atoms with E-state index in [1.165, 1.54) is 18.2 Å². The van der Waals surface area contributed by atoms with Crippen molar-refractivity contribution in [1.29, 1.82) is 0 Å². The van der Waals surface area contributed by atoms with Gasteiger partial charge in [-0.25, -0.2) is 0 Å². The molecule has 3 aromatic carbocycles. The first-order valence-corrected chi connectivity index (χ1v) is 12.2. The highest BCUT2D eigenvalue weighted by Gasteiger charge is 2.17. The Morgan fingerprint density at radius 2 is 1.53 bits per heavy atom. The molecule has 0 aliphatic rings. The Balaban J connectivity index is 1.45. The highest BCUT2D eigenvalue weighted by Crippen LogP contribution is 2.31. The standard InChI is InChI=1S/C31H31NO4/c1-35-30(34)19-21-36-28-16-8-10-24(22-28)11-9-20-32-23-27(17-18-29(32)33)31(25-12-4-2-5-13-25)26-14-6-3-7-15-26/h2-8,10,12-18,22-23,31H,9,11,19-21H2,1H3. The van der Waals surface area contributed by atoms with Gasteiger partial charge in [0.2, 0.25) is 0 Å². The first kappa shape index (κ1) is 25.0. The predicted octanol–water partition coefficient (Wildman–Crippen LogP) is 5.60. The first-order valence-electron chi connectivity index (χ1n) is 12.2. The van der Waals surface area contributed by atoms with Crippen molar-refractivity contribution in [2.45, 2.75) is 31.7 Å². The van der Waals surface area contributed by atoms with Gasteiger partial charge in [0, 0.05) is 24.7 Å². The molecule has 0 atom stereocenters. The summed E-state index contributed by atoms with van der Waals surface area (Å²) >= 11 is 0. The van der Waals surface area contributed by atoms with Crippen LogP contribution in [0.5, 0.6) is 5.75 Å². The summed E-state index contributed by atoms with van der Waals surface area (Å²) in [7, 11) is 1.37. The maximum absolute atomic E-state index is 12.7. The van der Waals surface area contributed by atoms with E-state index in [1.807, 2.05) is 53.2 Å². The van der Waals surface area contributed by atoms with Crippen LogP contribution in [0.25, 0.3) is 0 Å². The van der Waals surface area contributed by atoms with Gasteiger partial charge < -0.3 is 14.0 Å². The van der Waals surface area contributed by atoms with Gasteiger partial charge in [0.1, 0.15) is 5.75 Å². The van der Waals surface area contributed by atoms with Gasteiger partial charge in [-0.05, 0) is 47.2 Å². The molecule has 0 spiro atoms. The monoisotopic (exact) mass is 481 g/mol. The van der Waals surface area contributed by atoms with E-state index in [-0.39, 0.29) is 30.5 Å². The van der Waals surface area contributed by atoms with E-state index >= 15 is 0 Å². The quantitative estimate of drug-likeness (QED) is 0.262. The van der Waals surface area contributed by atoms with Gasteiger partial charge in [-0.1, -0.05) is 78.9 Å². The number of benzene rings is 3. The summed E-state index contributed by atoms with van der Waals surface area (Å²) in [6.07, 6.45) is 3.84. The van der Waals surface area contributed by atoms with Crippen LogP contribution in [-0.2, 0) is 22.5 Å². The van der Waals surface area contributed by atoms with Crippen LogP contribution in [-0.4, -0.2) is 24.3 Å². The molecule has 0 saturated heterocycles. The van der Waals surface area contributed by atoms with Crippen LogP contribution in [0.15, 0.2) is 108 Å². The average molecular weight is 482 g/mol. The normalized spacial score (nSPS) is 10.8. The Kier molecular flexibility index (Phi) is 8.71. The molecule has 5 nitrogen and oxygen atoms in total. The fourth-order valence-corrected chi connectivity index (χ4v) is 4.36. The largest absolute Gasteiger partial charge is 0.493 e. The molecule has 0 aliphatic carbocycles. The van der Waals surface area contributed by atoms with Crippen LogP contribution in [0.2, 0.25) is 0 Å². The number of hydrogen-bond donors (Lipinski definition) is 0. The molecule has 184 valence electrons. The molecule has 0 N–H and O–H groups in total. The second-order valence-electron chi connectivity index (χ2n) is 8.67. The molecule has 0 amide bonds. The second kappa shape index (κ2) is 12.5. The van der Waals surface area contributed by atoms with Gasteiger partial charge in [-0.2, -0.15) is 0 Å². The SMILES string of the molecule is COC(=O)CCOc1cccc(CCCn2cc(C(c3ccccc3)c3ccccc3)ccc2=O)c1. The predicted molar refractivity (Wildman–Crippen MR) is 141 cm³/mol. The molecule has 0 saturated carbocycles. The van der Waals surface area contributed by atoms with Gasteiger partial charge in [0.15, 0.2) is 0 Å². The van der Waals surface area contributed by atoms with Crippen LogP contribution < -0.4 is 10.3 Å². The zero-order valence-corrected chi connectivity index (χ0v) is 20.5. The summed E-state index contributed by atoms with van der Waals surface area (Å²) in [6, 6.07) is 32.2. The summed E-state index contributed by atoms with van der Waals surface area (Å²) < 4.78 is 12.1. The number of nitrogens with zero attached hydrogens (tertiary/aromatic N) is 1. The van der Waals surface area contributed by atoms with Gasteiger partial charge in [-0.3, -0.25) is 9.59 Å². The highest BCUT2D eigenvalue weighted by atomic mass is 16.5. The second-order valence-corrected chi connectivity index (χ2v) is 8.67. The van der Waals surface area contributed by atoms with E-state index in [0.717, 1.165) is 29.7 Å². The number of aromatic nitrogens is 1. The lowest BCUT2D eigenvalue weighted by atomic mass is 9.86. The van der Waals surface area contributed by atoms with Gasteiger partial charge in [-0.15, -0.1) is 0 Å². The number of methoxy groups -OCH3 is 1. The lowest BCUT2D eigenvalue weighted by Gasteiger charge is -2.20. The third-order valence-electron chi connectivity index (χ3n) is 6.17. The molecule has 0 radical (unpaired) electrons. The molecule has 0 unspecified atom stereocenters. The Bertz CT molecular complexity index is 1280. The van der Waals surface area contributed by atoms with E-state index in [2.05, 4.69) is 53.3 Å². The highest BCUT2D eigenvalue weighted by molar-refractivity contribution is 5.69. The summed E-state index contributed by atoms with van der Waals surface area (Å²) in [5.74, 6) is 0.489. The number of esters is 1. The Morgan fingerprint density at radius 1 is 0.833 bits per heavy atom. The molecular weight excluding hydrogens is 450 g/mol. The van der Waals surface area contributed by atoms with E-state index in [0.29, 0.717) is 6.54 Å². The zero-order valence-electron chi connectivity index (χ0n) is 20.5. The molecule has 0 aliphatic heterocycles. The molecule has 4 aromatic rings. The van der Waals surface area contributed by atoms with E-state index < -0.39 is 0 Å². The maximum Gasteiger partial charge on any atom is 0.308 e. The van der Waals surface area contributed by atoms with Crippen LogP contribution in [0.1, 0.15) is 41.0 Å². The average Bonchev–Trinajstić information content (AvgIpc) is 2.92. The summed E-state index contributed by atoms with van der Waals surface area (Å²) in [6.45, 7) is 0.901. The third-order valence-corrected chi connectivity index (χ3v) is 6.17. The summed E-state index contributed by atoms with van der Waals surface area (Å²) in [5, 5.41) is 0. The minimum Gasteiger partial charge on any atom is -0.493 e. The van der Waals surface area contributed by atoms with E-state index in [4.69, 9.17) is 4.74 Å². The number of ether oxygens (including phenoxy) is 2. The van der Waals surface area contributed by atoms with Gasteiger partial charge in [0.05, 0.1) is 20.1 Å². The molecule has 36 heavy (non-hydrogen) atoms. The van der Waals surface area contributed by atoms with Crippen molar-refractivity contribution in [3.05, 3.63) is 136 Å². The van der Waals surface area contributed by atoms with Gasteiger partial charge >= 0.3 is 5.97 Å². The topological polar surface area (TPSA) is 57.5 Å².